The summed E-state index contributed by atoms with van der Waals surface area (Å²) in [6, 6.07) is 6.45. The Morgan fingerprint density at radius 2 is 1.87 bits per heavy atom. The van der Waals surface area contributed by atoms with Crippen molar-refractivity contribution in [2.75, 3.05) is 25.0 Å². The lowest BCUT2D eigenvalue weighted by molar-refractivity contribution is -0.274. The number of hydrogen-bond acceptors (Lipinski definition) is 4. The Kier molecular flexibility index (Phi) is 6.12. The molecule has 1 fully saturated rings. The van der Waals surface area contributed by atoms with Crippen molar-refractivity contribution in [1.29, 1.82) is 0 Å². The predicted octanol–water partition coefficient (Wildman–Crippen LogP) is 3.20. The third-order valence-corrected chi connectivity index (χ3v) is 3.95. The van der Waals surface area contributed by atoms with Crippen molar-refractivity contribution in [2.24, 2.45) is 5.73 Å². The van der Waals surface area contributed by atoms with Gasteiger partial charge in [0.05, 0.1) is 0 Å². The van der Waals surface area contributed by atoms with Gasteiger partial charge in [0.2, 0.25) is 0 Å². The van der Waals surface area contributed by atoms with Crippen LogP contribution in [0, 0.1) is 0 Å². The number of benzene rings is 1. The van der Waals surface area contributed by atoms with Crippen LogP contribution in [0.3, 0.4) is 0 Å². The molecule has 130 valence electrons. The van der Waals surface area contributed by atoms with Gasteiger partial charge in [-0.15, -0.1) is 13.2 Å². The Bertz CT molecular complexity index is 468. The van der Waals surface area contributed by atoms with Crippen molar-refractivity contribution in [3.8, 4) is 5.75 Å². The van der Waals surface area contributed by atoms with Crippen LogP contribution in [-0.2, 0) is 0 Å². The van der Waals surface area contributed by atoms with E-state index in [1.54, 1.807) is 12.1 Å². The number of likely N-dealkylation sites (tertiary alicyclic amines) is 1. The largest absolute Gasteiger partial charge is 0.573 e. The van der Waals surface area contributed by atoms with Crippen molar-refractivity contribution < 1.29 is 17.9 Å². The van der Waals surface area contributed by atoms with Gasteiger partial charge in [-0.25, -0.2) is 0 Å². The Balaban J connectivity index is 1.76. The molecular weight excluding hydrogens is 307 g/mol. The molecule has 1 aliphatic rings. The first-order valence-corrected chi connectivity index (χ1v) is 7.92. The van der Waals surface area contributed by atoms with E-state index < -0.39 is 6.36 Å². The lowest BCUT2D eigenvalue weighted by Crippen LogP contribution is -2.40. The molecule has 1 aliphatic heterocycles. The summed E-state index contributed by atoms with van der Waals surface area (Å²) in [4.78, 5) is 2.40. The fraction of sp³-hybridized carbons (Fsp3) is 0.625. The maximum atomic E-state index is 12.1. The standard InChI is InChI=1S/C16H24F3N3O/c1-12(20)6-9-22-10-7-14(8-11-22)21-13-2-4-15(5-3-13)23-16(17,18)19/h2-5,12,14,21H,6-11,20H2,1H3/t12-/m1/s1. The van der Waals surface area contributed by atoms with Crippen molar-refractivity contribution in [2.45, 2.75) is 44.6 Å². The number of nitrogens with one attached hydrogen (secondary N) is 1. The van der Waals surface area contributed by atoms with E-state index >= 15 is 0 Å². The molecule has 2 rings (SSSR count). The number of rotatable bonds is 6. The number of nitrogens with two attached hydrogens (primary N) is 1. The predicted molar refractivity (Wildman–Crippen MR) is 84.5 cm³/mol. The SMILES string of the molecule is C[C@@H](N)CCN1CCC(Nc2ccc(OC(F)(F)F)cc2)CC1. The topological polar surface area (TPSA) is 50.5 Å². The smallest absolute Gasteiger partial charge is 0.406 e. The van der Waals surface area contributed by atoms with Gasteiger partial charge in [-0.3, -0.25) is 0 Å². The first-order chi connectivity index (χ1) is 10.8. The molecule has 3 N–H and O–H groups in total. The quantitative estimate of drug-likeness (QED) is 0.840. The van der Waals surface area contributed by atoms with E-state index in [1.807, 2.05) is 6.92 Å². The minimum Gasteiger partial charge on any atom is -0.406 e. The number of nitrogens with zero attached hydrogens (tertiary/aromatic N) is 1. The number of alkyl halides is 3. The Labute approximate surface area is 134 Å². The maximum absolute atomic E-state index is 12.1. The first kappa shape index (κ1) is 17.9. The number of hydrogen-bond donors (Lipinski definition) is 2. The fourth-order valence-electron chi connectivity index (χ4n) is 2.68. The van der Waals surface area contributed by atoms with Crippen LogP contribution < -0.4 is 15.8 Å². The van der Waals surface area contributed by atoms with Gasteiger partial charge in [0.15, 0.2) is 0 Å². The number of piperidine rings is 1. The summed E-state index contributed by atoms with van der Waals surface area (Å²) in [6.07, 6.45) is -1.62. The molecule has 1 saturated heterocycles. The fourth-order valence-corrected chi connectivity index (χ4v) is 2.68. The molecule has 0 bridgehead atoms. The maximum Gasteiger partial charge on any atom is 0.573 e. The molecule has 1 aromatic rings. The van der Waals surface area contributed by atoms with Crippen LogP contribution >= 0.6 is 0 Å². The summed E-state index contributed by atoms with van der Waals surface area (Å²) >= 11 is 0. The third-order valence-electron chi connectivity index (χ3n) is 3.95. The zero-order valence-electron chi connectivity index (χ0n) is 13.3. The summed E-state index contributed by atoms with van der Waals surface area (Å²) in [5.74, 6) is -0.200. The highest BCUT2D eigenvalue weighted by atomic mass is 19.4. The van der Waals surface area contributed by atoms with Gasteiger partial charge < -0.3 is 20.7 Å². The van der Waals surface area contributed by atoms with Crippen LogP contribution in [0.5, 0.6) is 5.75 Å². The molecule has 0 spiro atoms. The van der Waals surface area contributed by atoms with E-state index in [-0.39, 0.29) is 11.8 Å². The van der Waals surface area contributed by atoms with Crippen LogP contribution in [0.1, 0.15) is 26.2 Å². The van der Waals surface area contributed by atoms with E-state index in [0.29, 0.717) is 6.04 Å². The normalized spacial score (nSPS) is 18.7. The van der Waals surface area contributed by atoms with Gasteiger partial charge in [-0.05, 0) is 57.0 Å². The van der Waals surface area contributed by atoms with Crippen LogP contribution in [0.25, 0.3) is 0 Å². The van der Waals surface area contributed by atoms with Crippen molar-refractivity contribution in [1.82, 2.24) is 4.90 Å². The molecule has 1 heterocycles. The average molecular weight is 331 g/mol. The summed E-state index contributed by atoms with van der Waals surface area (Å²) in [5.41, 5.74) is 6.58. The highest BCUT2D eigenvalue weighted by Crippen LogP contribution is 2.25. The van der Waals surface area contributed by atoms with Crippen LogP contribution in [0.15, 0.2) is 24.3 Å². The summed E-state index contributed by atoms with van der Waals surface area (Å²) < 4.78 is 40.2. The van der Waals surface area contributed by atoms with Crippen molar-refractivity contribution in [3.63, 3.8) is 0 Å². The second kappa shape index (κ2) is 7.88. The summed E-state index contributed by atoms with van der Waals surface area (Å²) in [6.45, 7) is 5.06. The lowest BCUT2D eigenvalue weighted by Gasteiger charge is -2.33. The summed E-state index contributed by atoms with van der Waals surface area (Å²) in [7, 11) is 0. The van der Waals surface area contributed by atoms with E-state index in [9.17, 15) is 13.2 Å². The molecule has 0 aliphatic carbocycles. The van der Waals surface area contributed by atoms with Gasteiger partial charge in [0, 0.05) is 30.9 Å². The second-order valence-electron chi connectivity index (χ2n) is 6.10. The van der Waals surface area contributed by atoms with Crippen LogP contribution in [0.2, 0.25) is 0 Å². The van der Waals surface area contributed by atoms with E-state index in [4.69, 9.17) is 5.73 Å². The van der Waals surface area contributed by atoms with E-state index in [1.165, 1.54) is 12.1 Å². The molecular formula is C16H24F3N3O. The number of anilines is 1. The van der Waals surface area contributed by atoms with Gasteiger partial charge in [0.25, 0.3) is 0 Å². The molecule has 0 amide bonds. The Hall–Kier alpha value is -1.47. The average Bonchev–Trinajstić information content (AvgIpc) is 2.47. The molecule has 23 heavy (non-hydrogen) atoms. The molecule has 0 aromatic heterocycles. The lowest BCUT2D eigenvalue weighted by atomic mass is 10.0. The van der Waals surface area contributed by atoms with E-state index in [2.05, 4.69) is 15.0 Å². The molecule has 0 radical (unpaired) electrons. The minimum absolute atomic E-state index is 0.200. The van der Waals surface area contributed by atoms with Crippen molar-refractivity contribution >= 4 is 5.69 Å². The highest BCUT2D eigenvalue weighted by Gasteiger charge is 2.31. The second-order valence-corrected chi connectivity index (χ2v) is 6.10. The number of halogens is 3. The Morgan fingerprint density at radius 1 is 1.26 bits per heavy atom. The van der Waals surface area contributed by atoms with Gasteiger partial charge in [-0.1, -0.05) is 0 Å². The summed E-state index contributed by atoms with van der Waals surface area (Å²) in [5, 5.41) is 3.37. The molecule has 1 aromatic carbocycles. The molecule has 4 nitrogen and oxygen atoms in total. The van der Waals surface area contributed by atoms with Gasteiger partial charge >= 0.3 is 6.36 Å². The van der Waals surface area contributed by atoms with E-state index in [0.717, 1.165) is 44.6 Å². The minimum atomic E-state index is -4.65. The molecule has 0 unspecified atom stereocenters. The molecule has 0 saturated carbocycles. The Morgan fingerprint density at radius 3 is 2.39 bits per heavy atom. The monoisotopic (exact) mass is 331 g/mol. The highest BCUT2D eigenvalue weighted by molar-refractivity contribution is 5.47. The van der Waals surface area contributed by atoms with Crippen LogP contribution in [0.4, 0.5) is 18.9 Å². The van der Waals surface area contributed by atoms with Crippen molar-refractivity contribution in [3.05, 3.63) is 24.3 Å². The molecule has 7 heteroatoms. The first-order valence-electron chi connectivity index (χ1n) is 7.92. The van der Waals surface area contributed by atoms with Gasteiger partial charge in [-0.2, -0.15) is 0 Å². The number of ether oxygens (including phenoxy) is 1. The third kappa shape index (κ3) is 6.66. The zero-order chi connectivity index (χ0) is 16.9. The van der Waals surface area contributed by atoms with Crippen LogP contribution in [-0.4, -0.2) is 43.0 Å². The molecule has 1 atom stereocenters. The zero-order valence-corrected chi connectivity index (χ0v) is 13.3. The van der Waals surface area contributed by atoms with Gasteiger partial charge in [0.1, 0.15) is 5.75 Å².